The van der Waals surface area contributed by atoms with Crippen molar-refractivity contribution in [3.05, 3.63) is 63.1 Å². The number of halogens is 3. The largest absolute Gasteiger partial charge is 0.323 e. The van der Waals surface area contributed by atoms with Gasteiger partial charge in [0, 0.05) is 0 Å². The van der Waals surface area contributed by atoms with Crippen LogP contribution in [0.25, 0.3) is 0 Å². The van der Waals surface area contributed by atoms with Crippen molar-refractivity contribution in [1.29, 1.82) is 0 Å². The number of hydrogen-bond donors (Lipinski definition) is 2. The third-order valence-electron chi connectivity index (χ3n) is 2.71. The van der Waals surface area contributed by atoms with E-state index in [1.54, 1.807) is 12.1 Å². The molecule has 3 nitrogen and oxygen atoms in total. The number of benzene rings is 2. The Kier molecular flexibility index (Phi) is 4.89. The molecule has 0 spiro atoms. The van der Waals surface area contributed by atoms with Gasteiger partial charge in [0.05, 0.1) is 20.8 Å². The third-order valence-corrected chi connectivity index (χ3v) is 3.74. The molecule has 6 heteroatoms. The molecule has 0 saturated carbocycles. The number of anilines is 1. The average molecular weight is 330 g/mol. The molecule has 3 N–H and O–H groups in total. The van der Waals surface area contributed by atoms with Gasteiger partial charge in [-0.3, -0.25) is 4.79 Å². The quantitative estimate of drug-likeness (QED) is 0.826. The van der Waals surface area contributed by atoms with E-state index in [9.17, 15) is 4.79 Å². The Morgan fingerprint density at radius 2 is 1.60 bits per heavy atom. The smallest absolute Gasteiger partial charge is 0.245 e. The zero-order chi connectivity index (χ0) is 14.7. The van der Waals surface area contributed by atoms with Crippen molar-refractivity contribution < 1.29 is 4.79 Å². The Hall–Kier alpha value is -1.26. The zero-order valence-corrected chi connectivity index (χ0v) is 12.5. The van der Waals surface area contributed by atoms with Crippen LogP contribution in [-0.2, 0) is 4.79 Å². The van der Waals surface area contributed by atoms with Crippen LogP contribution >= 0.6 is 34.8 Å². The summed E-state index contributed by atoms with van der Waals surface area (Å²) in [6.07, 6.45) is 0. The van der Waals surface area contributed by atoms with Crippen molar-refractivity contribution in [2.75, 3.05) is 5.32 Å². The van der Waals surface area contributed by atoms with Crippen LogP contribution in [0.5, 0.6) is 0 Å². The molecule has 0 fully saturated rings. The van der Waals surface area contributed by atoms with Crippen molar-refractivity contribution >= 4 is 46.4 Å². The second-order valence-electron chi connectivity index (χ2n) is 4.12. The molecule has 1 amide bonds. The van der Waals surface area contributed by atoms with Crippen molar-refractivity contribution in [2.24, 2.45) is 5.73 Å². The fourth-order valence-electron chi connectivity index (χ4n) is 1.64. The lowest BCUT2D eigenvalue weighted by molar-refractivity contribution is -0.117. The highest BCUT2D eigenvalue weighted by atomic mass is 35.5. The van der Waals surface area contributed by atoms with E-state index in [-0.39, 0.29) is 5.91 Å². The monoisotopic (exact) mass is 328 g/mol. The topological polar surface area (TPSA) is 55.1 Å². The average Bonchev–Trinajstić information content (AvgIpc) is 2.44. The molecule has 0 heterocycles. The summed E-state index contributed by atoms with van der Waals surface area (Å²) in [5.74, 6) is -0.378. The van der Waals surface area contributed by atoms with Gasteiger partial charge in [0.25, 0.3) is 0 Å². The number of carbonyl (C=O) groups excluding carboxylic acids is 1. The van der Waals surface area contributed by atoms with Gasteiger partial charge in [-0.2, -0.15) is 0 Å². The van der Waals surface area contributed by atoms with E-state index in [0.717, 1.165) is 0 Å². The van der Waals surface area contributed by atoms with Gasteiger partial charge in [-0.05, 0) is 17.7 Å². The van der Waals surface area contributed by atoms with E-state index in [1.165, 1.54) is 12.1 Å². The molecular formula is C14H11Cl3N2O. The second-order valence-corrected chi connectivity index (χ2v) is 5.35. The molecule has 2 aromatic carbocycles. The first kappa shape index (κ1) is 15.1. The molecule has 2 rings (SSSR count). The number of carbonyl (C=O) groups is 1. The van der Waals surface area contributed by atoms with Gasteiger partial charge in [-0.15, -0.1) is 0 Å². The van der Waals surface area contributed by atoms with Gasteiger partial charge in [0.2, 0.25) is 5.91 Å². The standard InChI is InChI=1S/C14H11Cl3N2O/c15-9-6-11(17)12(7-10(9)16)19-14(20)13(18)8-4-2-1-3-5-8/h1-7,13H,18H2,(H,19,20). The Bertz CT molecular complexity index is 632. The van der Waals surface area contributed by atoms with Crippen LogP contribution in [0.1, 0.15) is 11.6 Å². The van der Waals surface area contributed by atoms with E-state index >= 15 is 0 Å². The molecule has 0 saturated heterocycles. The SMILES string of the molecule is NC(C(=O)Nc1cc(Cl)c(Cl)cc1Cl)c1ccccc1. The number of nitrogens with one attached hydrogen (secondary N) is 1. The zero-order valence-electron chi connectivity index (χ0n) is 10.2. The van der Waals surface area contributed by atoms with Crippen LogP contribution in [0.4, 0.5) is 5.69 Å². The summed E-state index contributed by atoms with van der Waals surface area (Å²) in [6, 6.07) is 11.2. The predicted molar refractivity (Wildman–Crippen MR) is 83.5 cm³/mol. The molecule has 20 heavy (non-hydrogen) atoms. The van der Waals surface area contributed by atoms with E-state index < -0.39 is 6.04 Å². The van der Waals surface area contributed by atoms with Gasteiger partial charge >= 0.3 is 0 Å². The van der Waals surface area contributed by atoms with Gasteiger partial charge in [-0.25, -0.2) is 0 Å². The highest BCUT2D eigenvalue weighted by molar-refractivity contribution is 6.44. The van der Waals surface area contributed by atoms with Gasteiger partial charge in [0.1, 0.15) is 6.04 Å². The Morgan fingerprint density at radius 1 is 1.00 bits per heavy atom. The lowest BCUT2D eigenvalue weighted by Crippen LogP contribution is -2.27. The van der Waals surface area contributed by atoms with E-state index in [2.05, 4.69) is 5.32 Å². The Morgan fingerprint density at radius 3 is 2.25 bits per heavy atom. The maximum Gasteiger partial charge on any atom is 0.245 e. The molecule has 0 aliphatic carbocycles. The number of amides is 1. The maximum atomic E-state index is 12.1. The summed E-state index contributed by atoms with van der Waals surface area (Å²) in [4.78, 5) is 12.1. The molecule has 104 valence electrons. The number of nitrogens with two attached hydrogens (primary N) is 1. The van der Waals surface area contributed by atoms with Crippen LogP contribution in [0, 0.1) is 0 Å². The summed E-state index contributed by atoms with van der Waals surface area (Å²) < 4.78 is 0. The van der Waals surface area contributed by atoms with E-state index in [0.29, 0.717) is 26.3 Å². The molecular weight excluding hydrogens is 319 g/mol. The Labute approximate surface area is 131 Å². The van der Waals surface area contributed by atoms with Crippen molar-refractivity contribution in [2.45, 2.75) is 6.04 Å². The lowest BCUT2D eigenvalue weighted by Gasteiger charge is -2.14. The third kappa shape index (κ3) is 3.44. The molecule has 0 aromatic heterocycles. The molecule has 1 unspecified atom stereocenters. The van der Waals surface area contributed by atoms with Gasteiger partial charge < -0.3 is 11.1 Å². The van der Waals surface area contributed by atoms with Crippen LogP contribution in [-0.4, -0.2) is 5.91 Å². The first-order chi connectivity index (χ1) is 9.49. The molecule has 0 bridgehead atoms. The minimum Gasteiger partial charge on any atom is -0.323 e. The summed E-state index contributed by atoms with van der Waals surface area (Å²) in [5, 5.41) is 3.56. The first-order valence-electron chi connectivity index (χ1n) is 5.75. The van der Waals surface area contributed by atoms with Crippen LogP contribution in [0.2, 0.25) is 15.1 Å². The summed E-state index contributed by atoms with van der Waals surface area (Å²) in [5.41, 5.74) is 6.97. The van der Waals surface area contributed by atoms with Crippen LogP contribution < -0.4 is 11.1 Å². The summed E-state index contributed by atoms with van der Waals surface area (Å²) in [7, 11) is 0. The minimum absolute atomic E-state index is 0.299. The first-order valence-corrected chi connectivity index (χ1v) is 6.88. The van der Waals surface area contributed by atoms with Crippen molar-refractivity contribution in [3.63, 3.8) is 0 Å². The fraction of sp³-hybridized carbons (Fsp3) is 0.0714. The predicted octanol–water partition coefficient (Wildman–Crippen LogP) is 4.29. The second kappa shape index (κ2) is 6.46. The molecule has 1 atom stereocenters. The maximum absolute atomic E-state index is 12.1. The summed E-state index contributed by atoms with van der Waals surface area (Å²) >= 11 is 17.7. The highest BCUT2D eigenvalue weighted by Crippen LogP contribution is 2.32. The van der Waals surface area contributed by atoms with Crippen molar-refractivity contribution in [1.82, 2.24) is 0 Å². The van der Waals surface area contributed by atoms with Crippen molar-refractivity contribution in [3.8, 4) is 0 Å². The normalized spacial score (nSPS) is 12.0. The fourth-order valence-corrected chi connectivity index (χ4v) is 2.23. The molecule has 0 radical (unpaired) electrons. The van der Waals surface area contributed by atoms with Crippen LogP contribution in [0.3, 0.4) is 0 Å². The van der Waals surface area contributed by atoms with Crippen LogP contribution in [0.15, 0.2) is 42.5 Å². The molecule has 0 aliphatic heterocycles. The Balaban J connectivity index is 2.18. The number of rotatable bonds is 3. The van der Waals surface area contributed by atoms with Gasteiger partial charge in [0.15, 0.2) is 0 Å². The summed E-state index contributed by atoms with van der Waals surface area (Å²) in [6.45, 7) is 0. The lowest BCUT2D eigenvalue weighted by atomic mass is 10.1. The van der Waals surface area contributed by atoms with E-state index in [4.69, 9.17) is 40.5 Å². The van der Waals surface area contributed by atoms with E-state index in [1.807, 2.05) is 18.2 Å². The highest BCUT2D eigenvalue weighted by Gasteiger charge is 2.17. The molecule has 2 aromatic rings. The minimum atomic E-state index is -0.790. The number of hydrogen-bond acceptors (Lipinski definition) is 2. The molecule has 0 aliphatic rings. The van der Waals surface area contributed by atoms with Gasteiger partial charge in [-0.1, -0.05) is 65.1 Å².